The SMILES string of the molecule is COC(=O)CSc1nccc(C#N)c1N. The number of methoxy groups -OCH3 is 1. The Bertz CT molecular complexity index is 414. The summed E-state index contributed by atoms with van der Waals surface area (Å²) in [5, 5.41) is 9.18. The minimum absolute atomic E-state index is 0.128. The molecule has 78 valence electrons. The molecular weight excluding hydrogens is 214 g/mol. The molecule has 6 heteroatoms. The number of anilines is 1. The number of thioether (sulfide) groups is 1. The summed E-state index contributed by atoms with van der Waals surface area (Å²) in [5.74, 6) is -0.230. The van der Waals surface area contributed by atoms with Gasteiger partial charge in [0.05, 0.1) is 24.1 Å². The number of ether oxygens (including phenoxy) is 1. The van der Waals surface area contributed by atoms with Crippen LogP contribution >= 0.6 is 11.8 Å². The minimum Gasteiger partial charge on any atom is -0.468 e. The molecule has 0 spiro atoms. The van der Waals surface area contributed by atoms with Crippen LogP contribution in [0.1, 0.15) is 5.56 Å². The van der Waals surface area contributed by atoms with Crippen molar-refractivity contribution in [2.24, 2.45) is 0 Å². The summed E-state index contributed by atoms with van der Waals surface area (Å²) in [6.07, 6.45) is 1.48. The normalized spacial score (nSPS) is 9.33. The Morgan fingerprint density at radius 1 is 1.80 bits per heavy atom. The smallest absolute Gasteiger partial charge is 0.316 e. The molecule has 0 radical (unpaired) electrons. The van der Waals surface area contributed by atoms with Crippen molar-refractivity contribution in [2.45, 2.75) is 5.03 Å². The highest BCUT2D eigenvalue weighted by atomic mass is 32.2. The number of pyridine rings is 1. The maximum atomic E-state index is 10.9. The number of carbonyl (C=O) groups excluding carboxylic acids is 1. The lowest BCUT2D eigenvalue weighted by Gasteiger charge is -2.04. The summed E-state index contributed by atoms with van der Waals surface area (Å²) in [4.78, 5) is 14.8. The molecule has 1 aromatic heterocycles. The predicted octanol–water partition coefficient (Wildman–Crippen LogP) is 0.801. The largest absolute Gasteiger partial charge is 0.468 e. The van der Waals surface area contributed by atoms with Crippen LogP contribution in [-0.4, -0.2) is 23.8 Å². The Kier molecular flexibility index (Phi) is 3.94. The molecule has 15 heavy (non-hydrogen) atoms. The van der Waals surface area contributed by atoms with Crippen molar-refractivity contribution in [1.82, 2.24) is 4.98 Å². The number of nitrogen functional groups attached to an aromatic ring is 1. The molecule has 1 heterocycles. The highest BCUT2D eigenvalue weighted by Crippen LogP contribution is 2.24. The van der Waals surface area contributed by atoms with Gasteiger partial charge in [-0.1, -0.05) is 11.8 Å². The van der Waals surface area contributed by atoms with Crippen LogP contribution in [0.3, 0.4) is 0 Å². The van der Waals surface area contributed by atoms with Gasteiger partial charge in [0.15, 0.2) is 0 Å². The molecule has 0 unspecified atom stereocenters. The average Bonchev–Trinajstić information content (AvgIpc) is 2.27. The van der Waals surface area contributed by atoms with E-state index in [9.17, 15) is 4.79 Å². The van der Waals surface area contributed by atoms with Crippen LogP contribution in [0.4, 0.5) is 5.69 Å². The maximum Gasteiger partial charge on any atom is 0.316 e. The van der Waals surface area contributed by atoms with Crippen LogP contribution in [0.25, 0.3) is 0 Å². The van der Waals surface area contributed by atoms with E-state index >= 15 is 0 Å². The highest BCUT2D eigenvalue weighted by Gasteiger charge is 2.09. The van der Waals surface area contributed by atoms with E-state index in [1.165, 1.54) is 19.4 Å². The van der Waals surface area contributed by atoms with Gasteiger partial charge in [-0.25, -0.2) is 4.98 Å². The van der Waals surface area contributed by atoms with E-state index in [0.29, 0.717) is 16.3 Å². The van der Waals surface area contributed by atoms with Crippen molar-refractivity contribution in [3.63, 3.8) is 0 Å². The van der Waals surface area contributed by atoms with Gasteiger partial charge in [-0.05, 0) is 6.07 Å². The molecule has 0 bridgehead atoms. The zero-order valence-electron chi connectivity index (χ0n) is 8.06. The van der Waals surface area contributed by atoms with E-state index in [1.54, 1.807) is 0 Å². The molecule has 2 N–H and O–H groups in total. The third-order valence-corrected chi connectivity index (χ3v) is 2.61. The third kappa shape index (κ3) is 2.86. The van der Waals surface area contributed by atoms with Gasteiger partial charge in [0.2, 0.25) is 0 Å². The summed E-state index contributed by atoms with van der Waals surface area (Å²) in [7, 11) is 1.31. The van der Waals surface area contributed by atoms with Crippen molar-refractivity contribution < 1.29 is 9.53 Å². The van der Waals surface area contributed by atoms with Gasteiger partial charge in [0.1, 0.15) is 11.1 Å². The second-order valence-electron chi connectivity index (χ2n) is 2.55. The topological polar surface area (TPSA) is 89.0 Å². The number of nitrogens with two attached hydrogens (primary N) is 1. The average molecular weight is 223 g/mol. The van der Waals surface area contributed by atoms with Crippen molar-refractivity contribution in [3.8, 4) is 6.07 Å². The lowest BCUT2D eigenvalue weighted by atomic mass is 10.2. The molecule has 0 amide bonds. The van der Waals surface area contributed by atoms with Gasteiger partial charge >= 0.3 is 5.97 Å². The second-order valence-corrected chi connectivity index (χ2v) is 3.52. The quantitative estimate of drug-likeness (QED) is 0.602. The Morgan fingerprint density at radius 3 is 3.13 bits per heavy atom. The lowest BCUT2D eigenvalue weighted by molar-refractivity contribution is -0.137. The zero-order chi connectivity index (χ0) is 11.3. The van der Waals surface area contributed by atoms with Crippen LogP contribution in [-0.2, 0) is 9.53 Å². The summed E-state index contributed by atoms with van der Waals surface area (Å²) in [5.41, 5.74) is 6.32. The van der Waals surface area contributed by atoms with E-state index in [0.717, 1.165) is 11.8 Å². The predicted molar refractivity (Wildman–Crippen MR) is 56.1 cm³/mol. The fraction of sp³-hybridized carbons (Fsp3) is 0.222. The zero-order valence-corrected chi connectivity index (χ0v) is 8.87. The van der Waals surface area contributed by atoms with Gasteiger partial charge in [-0.15, -0.1) is 0 Å². The fourth-order valence-electron chi connectivity index (χ4n) is 0.853. The van der Waals surface area contributed by atoms with E-state index in [2.05, 4.69) is 9.72 Å². The first-order valence-corrected chi connectivity index (χ1v) is 5.01. The van der Waals surface area contributed by atoms with Crippen molar-refractivity contribution >= 4 is 23.4 Å². The summed E-state index contributed by atoms with van der Waals surface area (Å²) >= 11 is 1.15. The second kappa shape index (κ2) is 5.22. The first-order valence-electron chi connectivity index (χ1n) is 4.03. The Labute approximate surface area is 91.2 Å². The van der Waals surface area contributed by atoms with E-state index in [-0.39, 0.29) is 11.7 Å². The number of nitriles is 1. The molecule has 0 fully saturated rings. The van der Waals surface area contributed by atoms with Crippen LogP contribution in [0.5, 0.6) is 0 Å². The fourth-order valence-corrected chi connectivity index (χ4v) is 1.63. The van der Waals surface area contributed by atoms with Crippen molar-refractivity contribution in [3.05, 3.63) is 17.8 Å². The number of aromatic nitrogens is 1. The molecule has 0 saturated heterocycles. The molecule has 0 aliphatic heterocycles. The van der Waals surface area contributed by atoms with Crippen LogP contribution < -0.4 is 5.73 Å². The van der Waals surface area contributed by atoms with Crippen LogP contribution in [0.15, 0.2) is 17.3 Å². The number of hydrogen-bond donors (Lipinski definition) is 1. The summed E-state index contributed by atoms with van der Waals surface area (Å²) < 4.78 is 4.48. The van der Waals surface area contributed by atoms with E-state index in [1.807, 2.05) is 6.07 Å². The standard InChI is InChI=1S/C9H9N3O2S/c1-14-7(13)5-15-9-8(11)6(4-10)2-3-12-9/h2-3H,5,11H2,1H3. The number of nitrogens with zero attached hydrogens (tertiary/aromatic N) is 2. The number of rotatable bonds is 3. The minimum atomic E-state index is -0.358. The van der Waals surface area contributed by atoms with E-state index in [4.69, 9.17) is 11.0 Å². The first-order chi connectivity index (χ1) is 7.19. The third-order valence-electron chi connectivity index (χ3n) is 1.63. The molecule has 5 nitrogen and oxygen atoms in total. The van der Waals surface area contributed by atoms with E-state index < -0.39 is 0 Å². The van der Waals surface area contributed by atoms with Gasteiger partial charge < -0.3 is 10.5 Å². The van der Waals surface area contributed by atoms with Gasteiger partial charge in [-0.3, -0.25) is 4.79 Å². The van der Waals surface area contributed by atoms with Gasteiger partial charge in [-0.2, -0.15) is 5.26 Å². The summed E-state index contributed by atoms with van der Waals surface area (Å²) in [6, 6.07) is 3.47. The van der Waals surface area contributed by atoms with Gasteiger partial charge in [0.25, 0.3) is 0 Å². The monoisotopic (exact) mass is 223 g/mol. The highest BCUT2D eigenvalue weighted by molar-refractivity contribution is 8.00. The molecule has 0 atom stereocenters. The lowest BCUT2D eigenvalue weighted by Crippen LogP contribution is -2.04. The molecule has 0 saturated carbocycles. The Morgan fingerprint density at radius 2 is 2.53 bits per heavy atom. The van der Waals surface area contributed by atoms with Gasteiger partial charge in [0, 0.05) is 6.20 Å². The number of esters is 1. The van der Waals surface area contributed by atoms with Crippen LogP contribution in [0, 0.1) is 11.3 Å². The molecular formula is C9H9N3O2S. The molecule has 0 aliphatic carbocycles. The molecule has 1 aromatic rings. The van der Waals surface area contributed by atoms with Crippen LogP contribution in [0.2, 0.25) is 0 Å². The Balaban J connectivity index is 2.78. The first kappa shape index (κ1) is 11.3. The molecule has 0 aromatic carbocycles. The number of hydrogen-bond acceptors (Lipinski definition) is 6. The molecule has 0 aliphatic rings. The molecule has 1 rings (SSSR count). The summed E-state index contributed by atoms with van der Waals surface area (Å²) in [6.45, 7) is 0. The van der Waals surface area contributed by atoms with Crippen molar-refractivity contribution in [2.75, 3.05) is 18.6 Å². The number of carbonyl (C=O) groups is 1. The van der Waals surface area contributed by atoms with Crippen molar-refractivity contribution in [1.29, 1.82) is 5.26 Å². The maximum absolute atomic E-state index is 10.9. The Hall–Kier alpha value is -1.74.